The van der Waals surface area contributed by atoms with Gasteiger partial charge in [0.05, 0.1) is 23.5 Å². The van der Waals surface area contributed by atoms with Gasteiger partial charge in [0, 0.05) is 11.1 Å². The third-order valence-electron chi connectivity index (χ3n) is 4.89. The molecule has 1 aliphatic heterocycles. The van der Waals surface area contributed by atoms with Crippen molar-refractivity contribution in [3.63, 3.8) is 0 Å². The SMILES string of the molecule is CC(=O)c1ccc2c(c1O)[C@@H](c1ccc(-c3ccccc3C(=O)O)o1)CC(=O)O2. The molecule has 0 aliphatic carbocycles. The number of esters is 1. The molecule has 0 saturated carbocycles. The minimum atomic E-state index is -1.09. The Labute approximate surface area is 165 Å². The molecule has 2 aromatic carbocycles. The maximum absolute atomic E-state index is 12.1. The van der Waals surface area contributed by atoms with Gasteiger partial charge in [0.15, 0.2) is 5.78 Å². The second-order valence-corrected chi connectivity index (χ2v) is 6.71. The largest absolute Gasteiger partial charge is 0.507 e. The summed E-state index contributed by atoms with van der Waals surface area (Å²) in [5, 5.41) is 20.0. The number of fused-ring (bicyclic) bond motifs is 1. The number of ether oxygens (including phenoxy) is 1. The fraction of sp³-hybridized carbons (Fsp3) is 0.136. The second kappa shape index (κ2) is 6.94. The van der Waals surface area contributed by atoms with E-state index in [9.17, 15) is 24.6 Å². The number of hydrogen-bond donors (Lipinski definition) is 2. The van der Waals surface area contributed by atoms with Crippen LogP contribution in [0.5, 0.6) is 11.5 Å². The first kappa shape index (κ1) is 18.5. The number of carbonyl (C=O) groups is 3. The molecule has 7 heteroatoms. The van der Waals surface area contributed by atoms with Crippen LogP contribution in [-0.4, -0.2) is 27.9 Å². The van der Waals surface area contributed by atoms with Crippen LogP contribution in [0.4, 0.5) is 0 Å². The summed E-state index contributed by atoms with van der Waals surface area (Å²) in [6, 6.07) is 12.5. The van der Waals surface area contributed by atoms with Crippen molar-refractivity contribution in [1.29, 1.82) is 0 Å². The monoisotopic (exact) mass is 392 g/mol. The van der Waals surface area contributed by atoms with Crippen molar-refractivity contribution in [3.8, 4) is 22.8 Å². The number of aromatic hydroxyl groups is 1. The van der Waals surface area contributed by atoms with Gasteiger partial charge in [-0.05, 0) is 37.3 Å². The number of aromatic carboxylic acids is 1. The van der Waals surface area contributed by atoms with Crippen LogP contribution in [-0.2, 0) is 4.79 Å². The van der Waals surface area contributed by atoms with Gasteiger partial charge in [-0.25, -0.2) is 4.79 Å². The molecule has 0 amide bonds. The van der Waals surface area contributed by atoms with Crippen molar-refractivity contribution in [3.05, 3.63) is 71.0 Å². The molecule has 1 aromatic heterocycles. The fourth-order valence-electron chi connectivity index (χ4n) is 3.54. The number of carboxylic acids is 1. The lowest BCUT2D eigenvalue weighted by atomic mass is 9.88. The van der Waals surface area contributed by atoms with Crippen molar-refractivity contribution in [1.82, 2.24) is 0 Å². The third kappa shape index (κ3) is 3.16. The van der Waals surface area contributed by atoms with Gasteiger partial charge in [0.1, 0.15) is 23.0 Å². The summed E-state index contributed by atoms with van der Waals surface area (Å²) < 4.78 is 11.1. The number of Topliss-reactive ketones (excluding diaryl/α,β-unsaturated/α-hetero) is 1. The maximum atomic E-state index is 12.1. The molecule has 29 heavy (non-hydrogen) atoms. The van der Waals surface area contributed by atoms with Crippen LogP contribution < -0.4 is 4.74 Å². The summed E-state index contributed by atoms with van der Waals surface area (Å²) in [6.07, 6.45) is -0.0878. The number of benzene rings is 2. The molecule has 0 bridgehead atoms. The average molecular weight is 392 g/mol. The van der Waals surface area contributed by atoms with E-state index in [-0.39, 0.29) is 34.8 Å². The quantitative estimate of drug-likeness (QED) is 0.392. The van der Waals surface area contributed by atoms with E-state index in [0.29, 0.717) is 22.6 Å². The molecule has 1 aliphatic rings. The number of carbonyl (C=O) groups excluding carboxylic acids is 2. The van der Waals surface area contributed by atoms with Crippen molar-refractivity contribution >= 4 is 17.7 Å². The molecule has 4 rings (SSSR count). The number of ketones is 1. The highest BCUT2D eigenvalue weighted by molar-refractivity contribution is 5.98. The molecule has 1 atom stereocenters. The molecule has 0 spiro atoms. The first-order valence-corrected chi connectivity index (χ1v) is 8.86. The summed E-state index contributed by atoms with van der Waals surface area (Å²) in [5.74, 6) is -1.99. The molecule has 7 nitrogen and oxygen atoms in total. The predicted molar refractivity (Wildman–Crippen MR) is 101 cm³/mol. The van der Waals surface area contributed by atoms with E-state index in [0.717, 1.165) is 0 Å². The van der Waals surface area contributed by atoms with E-state index in [4.69, 9.17) is 9.15 Å². The first-order chi connectivity index (χ1) is 13.9. The van der Waals surface area contributed by atoms with Gasteiger partial charge in [-0.2, -0.15) is 0 Å². The van der Waals surface area contributed by atoms with Gasteiger partial charge in [-0.3, -0.25) is 9.59 Å². The van der Waals surface area contributed by atoms with Gasteiger partial charge < -0.3 is 19.4 Å². The Morgan fingerprint density at radius 1 is 1.03 bits per heavy atom. The van der Waals surface area contributed by atoms with E-state index < -0.39 is 17.9 Å². The Morgan fingerprint density at radius 3 is 2.52 bits per heavy atom. The smallest absolute Gasteiger partial charge is 0.336 e. The van der Waals surface area contributed by atoms with Gasteiger partial charge >= 0.3 is 11.9 Å². The average Bonchev–Trinajstić information content (AvgIpc) is 3.17. The molecule has 0 radical (unpaired) electrons. The predicted octanol–water partition coefficient (Wildman–Crippen LogP) is 3.99. The summed E-state index contributed by atoms with van der Waals surface area (Å²) in [4.78, 5) is 35.4. The minimum absolute atomic E-state index is 0.0820. The van der Waals surface area contributed by atoms with Crippen molar-refractivity contribution in [2.24, 2.45) is 0 Å². The molecule has 0 saturated heterocycles. The Bertz CT molecular complexity index is 1160. The van der Waals surface area contributed by atoms with E-state index in [1.165, 1.54) is 25.1 Å². The maximum Gasteiger partial charge on any atom is 0.336 e. The Morgan fingerprint density at radius 2 is 1.79 bits per heavy atom. The Hall–Kier alpha value is -3.87. The van der Waals surface area contributed by atoms with Crippen LogP contribution in [0, 0.1) is 0 Å². The van der Waals surface area contributed by atoms with Gasteiger partial charge in [0.2, 0.25) is 0 Å². The summed E-state index contributed by atoms with van der Waals surface area (Å²) >= 11 is 0. The summed E-state index contributed by atoms with van der Waals surface area (Å²) in [5.41, 5.74) is 0.893. The van der Waals surface area contributed by atoms with Gasteiger partial charge in [-0.15, -0.1) is 0 Å². The van der Waals surface area contributed by atoms with E-state index >= 15 is 0 Å². The Balaban J connectivity index is 1.82. The van der Waals surface area contributed by atoms with Crippen LogP contribution >= 0.6 is 0 Å². The van der Waals surface area contributed by atoms with Gasteiger partial charge in [-0.1, -0.05) is 18.2 Å². The molecule has 0 fully saturated rings. The second-order valence-electron chi connectivity index (χ2n) is 6.71. The van der Waals surface area contributed by atoms with Crippen molar-refractivity contribution < 1.29 is 33.8 Å². The zero-order valence-electron chi connectivity index (χ0n) is 15.3. The number of phenolic OH excluding ortho intramolecular Hbond substituents is 1. The first-order valence-electron chi connectivity index (χ1n) is 8.86. The highest BCUT2D eigenvalue weighted by atomic mass is 16.5. The summed E-state index contributed by atoms with van der Waals surface area (Å²) in [7, 11) is 0. The lowest BCUT2D eigenvalue weighted by Crippen LogP contribution is -2.21. The third-order valence-corrected chi connectivity index (χ3v) is 4.89. The fourth-order valence-corrected chi connectivity index (χ4v) is 3.54. The van der Waals surface area contributed by atoms with Crippen LogP contribution in [0.1, 0.15) is 51.3 Å². The molecule has 2 heterocycles. The zero-order valence-corrected chi connectivity index (χ0v) is 15.3. The van der Waals surface area contributed by atoms with E-state index in [1.807, 2.05) is 0 Å². The molecular weight excluding hydrogens is 376 g/mol. The molecule has 0 unspecified atom stereocenters. The molecule has 146 valence electrons. The van der Waals surface area contributed by atoms with Crippen molar-refractivity contribution in [2.45, 2.75) is 19.3 Å². The van der Waals surface area contributed by atoms with E-state index in [1.54, 1.807) is 30.3 Å². The summed E-state index contributed by atoms with van der Waals surface area (Å²) in [6.45, 7) is 1.33. The lowest BCUT2D eigenvalue weighted by Gasteiger charge is -2.24. The molecule has 3 aromatic rings. The highest BCUT2D eigenvalue weighted by Gasteiger charge is 2.35. The number of furan rings is 1. The van der Waals surface area contributed by atoms with Crippen LogP contribution in [0.2, 0.25) is 0 Å². The number of carboxylic acid groups (broad SMARTS) is 1. The standard InChI is InChI=1S/C22H16O7/c1-11(23)12-6-7-18-20(21(12)25)15(10-19(24)29-18)17-9-8-16(28-17)13-4-2-3-5-14(13)22(26)27/h2-9,15,25H,10H2,1H3,(H,26,27)/t15-/m1/s1. The van der Waals surface area contributed by atoms with Crippen LogP contribution in [0.15, 0.2) is 52.9 Å². The highest BCUT2D eigenvalue weighted by Crippen LogP contribution is 2.46. The molecular formula is C22H16O7. The topological polar surface area (TPSA) is 114 Å². The van der Waals surface area contributed by atoms with Crippen LogP contribution in [0.25, 0.3) is 11.3 Å². The van der Waals surface area contributed by atoms with Gasteiger partial charge in [0.25, 0.3) is 0 Å². The normalized spacial score (nSPS) is 15.5. The number of hydrogen-bond acceptors (Lipinski definition) is 6. The van der Waals surface area contributed by atoms with E-state index in [2.05, 4.69) is 0 Å². The van der Waals surface area contributed by atoms with Crippen LogP contribution in [0.3, 0.4) is 0 Å². The number of phenols is 1. The molecule has 2 N–H and O–H groups in total. The van der Waals surface area contributed by atoms with Crippen molar-refractivity contribution in [2.75, 3.05) is 0 Å². The minimum Gasteiger partial charge on any atom is -0.507 e. The Kier molecular flexibility index (Phi) is 4.43. The zero-order chi connectivity index (χ0) is 20.7. The number of rotatable bonds is 4. The lowest BCUT2D eigenvalue weighted by molar-refractivity contribution is -0.135.